The lowest BCUT2D eigenvalue weighted by Crippen LogP contribution is -2.46. The second-order valence-corrected chi connectivity index (χ2v) is 7.63. The van der Waals surface area contributed by atoms with Crippen molar-refractivity contribution in [1.29, 1.82) is 0 Å². The maximum Gasteiger partial charge on any atom is 0.409 e. The second-order valence-electron chi connectivity index (χ2n) is 7.63. The minimum atomic E-state index is -0.386. The molecule has 31 heavy (non-hydrogen) atoms. The lowest BCUT2D eigenvalue weighted by molar-refractivity contribution is 0.0897. The van der Waals surface area contributed by atoms with Crippen molar-refractivity contribution in [2.24, 2.45) is 0 Å². The van der Waals surface area contributed by atoms with Crippen molar-refractivity contribution in [3.8, 4) is 5.75 Å². The SMILES string of the molecule is CCOC(=O)N1CCC(c2ccccc2)(c2nnn(Cc3ccc(OC)cc3)n2)CC1. The number of carbonyl (C=O) groups excluding carboxylic acids is 1. The Morgan fingerprint density at radius 1 is 1.06 bits per heavy atom. The Bertz CT molecular complexity index is 996. The van der Waals surface area contributed by atoms with Crippen LogP contribution in [0.4, 0.5) is 4.79 Å². The summed E-state index contributed by atoms with van der Waals surface area (Å²) in [5, 5.41) is 13.5. The van der Waals surface area contributed by atoms with Gasteiger partial charge in [0, 0.05) is 13.1 Å². The van der Waals surface area contributed by atoms with Gasteiger partial charge >= 0.3 is 6.09 Å². The third kappa shape index (κ3) is 4.38. The standard InChI is InChI=1S/C23H27N5O3/c1-3-31-22(29)27-15-13-23(14-16-27,19-7-5-4-6-8-19)21-24-26-28(25-21)17-18-9-11-20(30-2)12-10-18/h4-12H,3,13-17H2,1-2H3. The molecule has 3 aromatic rings. The molecule has 0 radical (unpaired) electrons. The largest absolute Gasteiger partial charge is 0.497 e. The lowest BCUT2D eigenvalue weighted by atomic mass is 9.72. The molecule has 1 aromatic heterocycles. The molecule has 1 amide bonds. The van der Waals surface area contributed by atoms with Crippen LogP contribution in [-0.4, -0.2) is 58.0 Å². The number of rotatable bonds is 6. The Kier molecular flexibility index (Phi) is 6.16. The van der Waals surface area contributed by atoms with E-state index in [0.717, 1.165) is 16.9 Å². The monoisotopic (exact) mass is 421 g/mol. The van der Waals surface area contributed by atoms with Crippen LogP contribution in [-0.2, 0) is 16.7 Å². The molecule has 0 bridgehead atoms. The quantitative estimate of drug-likeness (QED) is 0.608. The van der Waals surface area contributed by atoms with Gasteiger partial charge < -0.3 is 14.4 Å². The molecular formula is C23H27N5O3. The van der Waals surface area contributed by atoms with Crippen molar-refractivity contribution in [3.63, 3.8) is 0 Å². The summed E-state index contributed by atoms with van der Waals surface area (Å²) in [4.78, 5) is 15.6. The third-order valence-corrected chi connectivity index (χ3v) is 5.83. The zero-order valence-corrected chi connectivity index (χ0v) is 17.9. The first-order valence-electron chi connectivity index (χ1n) is 10.5. The van der Waals surface area contributed by atoms with Gasteiger partial charge in [0.2, 0.25) is 0 Å². The van der Waals surface area contributed by atoms with Gasteiger partial charge in [0.25, 0.3) is 0 Å². The van der Waals surface area contributed by atoms with Gasteiger partial charge in [-0.15, -0.1) is 10.2 Å². The van der Waals surface area contributed by atoms with E-state index in [0.29, 0.717) is 44.9 Å². The maximum atomic E-state index is 12.2. The summed E-state index contributed by atoms with van der Waals surface area (Å²) in [5.74, 6) is 1.50. The fraction of sp³-hybridized carbons (Fsp3) is 0.391. The van der Waals surface area contributed by atoms with E-state index in [9.17, 15) is 4.79 Å². The molecule has 0 saturated carbocycles. The van der Waals surface area contributed by atoms with Crippen LogP contribution in [0.25, 0.3) is 0 Å². The van der Waals surface area contributed by atoms with Gasteiger partial charge in [-0.25, -0.2) is 4.79 Å². The fourth-order valence-electron chi connectivity index (χ4n) is 4.08. The summed E-state index contributed by atoms with van der Waals surface area (Å²) in [6.07, 6.45) is 1.16. The molecule has 0 atom stereocenters. The fourth-order valence-corrected chi connectivity index (χ4v) is 4.08. The third-order valence-electron chi connectivity index (χ3n) is 5.83. The molecule has 8 heteroatoms. The predicted octanol–water partition coefficient (Wildman–Crippen LogP) is 3.27. The number of benzene rings is 2. The van der Waals surface area contributed by atoms with E-state index in [-0.39, 0.29) is 11.5 Å². The summed E-state index contributed by atoms with van der Waals surface area (Å²) in [6, 6.07) is 18.1. The molecule has 0 N–H and O–H groups in total. The van der Waals surface area contributed by atoms with Gasteiger partial charge in [0.05, 0.1) is 25.7 Å². The maximum absolute atomic E-state index is 12.2. The van der Waals surface area contributed by atoms with Crippen LogP contribution in [0.2, 0.25) is 0 Å². The molecule has 1 aliphatic rings. The van der Waals surface area contributed by atoms with Crippen LogP contribution in [0, 0.1) is 0 Å². The van der Waals surface area contributed by atoms with Crippen LogP contribution in [0.5, 0.6) is 5.75 Å². The number of nitrogens with zero attached hydrogens (tertiary/aromatic N) is 5. The van der Waals surface area contributed by atoms with Crippen molar-refractivity contribution in [2.75, 3.05) is 26.8 Å². The Labute approximate surface area is 181 Å². The molecule has 2 heterocycles. The molecule has 2 aromatic carbocycles. The number of piperidine rings is 1. The zero-order valence-electron chi connectivity index (χ0n) is 17.9. The molecule has 1 fully saturated rings. The average Bonchev–Trinajstić information content (AvgIpc) is 3.29. The number of carbonyl (C=O) groups is 1. The number of hydrogen-bond acceptors (Lipinski definition) is 6. The van der Waals surface area contributed by atoms with Gasteiger partial charge in [-0.1, -0.05) is 42.5 Å². The molecule has 162 valence electrons. The molecule has 1 saturated heterocycles. The minimum Gasteiger partial charge on any atom is -0.497 e. The minimum absolute atomic E-state index is 0.264. The normalized spacial score (nSPS) is 15.5. The lowest BCUT2D eigenvalue weighted by Gasteiger charge is -2.39. The van der Waals surface area contributed by atoms with Crippen LogP contribution in [0.1, 0.15) is 36.7 Å². The summed E-state index contributed by atoms with van der Waals surface area (Å²) in [7, 11) is 1.65. The van der Waals surface area contributed by atoms with Gasteiger partial charge in [0.15, 0.2) is 5.82 Å². The van der Waals surface area contributed by atoms with Crippen LogP contribution in [0.3, 0.4) is 0 Å². The van der Waals surface area contributed by atoms with Crippen molar-refractivity contribution < 1.29 is 14.3 Å². The van der Waals surface area contributed by atoms with Crippen LogP contribution >= 0.6 is 0 Å². The molecule has 8 nitrogen and oxygen atoms in total. The van der Waals surface area contributed by atoms with Crippen molar-refractivity contribution in [3.05, 3.63) is 71.5 Å². The highest BCUT2D eigenvalue weighted by Gasteiger charge is 2.42. The second kappa shape index (κ2) is 9.16. The van der Waals surface area contributed by atoms with Gasteiger partial charge in [-0.2, -0.15) is 4.80 Å². The summed E-state index contributed by atoms with van der Waals surface area (Å²) < 4.78 is 10.4. The van der Waals surface area contributed by atoms with E-state index < -0.39 is 0 Å². The smallest absolute Gasteiger partial charge is 0.409 e. The highest BCUT2D eigenvalue weighted by molar-refractivity contribution is 5.67. The molecule has 0 unspecified atom stereocenters. The van der Waals surface area contributed by atoms with E-state index in [1.165, 1.54) is 0 Å². The number of likely N-dealkylation sites (tertiary alicyclic amines) is 1. The van der Waals surface area contributed by atoms with E-state index in [1.54, 1.807) is 16.8 Å². The molecule has 1 aliphatic heterocycles. The number of tetrazole rings is 1. The van der Waals surface area contributed by atoms with E-state index in [2.05, 4.69) is 22.4 Å². The van der Waals surface area contributed by atoms with E-state index in [1.807, 2.05) is 49.4 Å². The molecule has 4 rings (SSSR count). The van der Waals surface area contributed by atoms with Gasteiger partial charge in [0.1, 0.15) is 5.75 Å². The number of amides is 1. The van der Waals surface area contributed by atoms with Crippen LogP contribution in [0.15, 0.2) is 54.6 Å². The van der Waals surface area contributed by atoms with Crippen molar-refractivity contribution in [2.45, 2.75) is 31.7 Å². The number of ether oxygens (including phenoxy) is 2. The predicted molar refractivity (Wildman–Crippen MR) is 115 cm³/mol. The number of aromatic nitrogens is 4. The first kappa shape index (κ1) is 20.8. The zero-order chi connectivity index (χ0) is 21.7. The summed E-state index contributed by atoms with van der Waals surface area (Å²) in [6.45, 7) is 3.89. The number of methoxy groups -OCH3 is 1. The Hall–Kier alpha value is -3.42. The Morgan fingerprint density at radius 2 is 1.77 bits per heavy atom. The molecule has 0 aliphatic carbocycles. The van der Waals surface area contributed by atoms with Crippen molar-refractivity contribution in [1.82, 2.24) is 25.1 Å². The first-order chi connectivity index (χ1) is 15.1. The average molecular weight is 422 g/mol. The molecule has 0 spiro atoms. The molecular weight excluding hydrogens is 394 g/mol. The van der Waals surface area contributed by atoms with Crippen LogP contribution < -0.4 is 4.74 Å². The van der Waals surface area contributed by atoms with Gasteiger partial charge in [-0.05, 0) is 48.2 Å². The van der Waals surface area contributed by atoms with E-state index >= 15 is 0 Å². The van der Waals surface area contributed by atoms with Gasteiger partial charge in [-0.3, -0.25) is 0 Å². The summed E-state index contributed by atoms with van der Waals surface area (Å²) >= 11 is 0. The Morgan fingerprint density at radius 3 is 2.42 bits per heavy atom. The highest BCUT2D eigenvalue weighted by Crippen LogP contribution is 2.39. The Balaban J connectivity index is 1.58. The number of hydrogen-bond donors (Lipinski definition) is 0. The topological polar surface area (TPSA) is 82.4 Å². The highest BCUT2D eigenvalue weighted by atomic mass is 16.6. The van der Waals surface area contributed by atoms with Crippen molar-refractivity contribution >= 4 is 6.09 Å². The first-order valence-corrected chi connectivity index (χ1v) is 10.5. The van der Waals surface area contributed by atoms with E-state index in [4.69, 9.17) is 14.6 Å². The summed E-state index contributed by atoms with van der Waals surface area (Å²) in [5.41, 5.74) is 1.82.